The molecule has 1 fully saturated rings. The van der Waals surface area contributed by atoms with E-state index in [1.165, 1.54) is 36.8 Å². The second-order valence-corrected chi connectivity index (χ2v) is 4.25. The quantitative estimate of drug-likeness (QED) is 0.721. The van der Waals surface area contributed by atoms with E-state index in [9.17, 15) is 0 Å². The van der Waals surface area contributed by atoms with Crippen LogP contribution in [-0.4, -0.2) is 6.10 Å². The summed E-state index contributed by atoms with van der Waals surface area (Å²) in [5.41, 5.74) is 2.43. The lowest BCUT2D eigenvalue weighted by molar-refractivity contribution is 0.210. The molecule has 0 radical (unpaired) electrons. The zero-order valence-electron chi connectivity index (χ0n) is 9.33. The molecule has 0 unspecified atom stereocenters. The molecule has 1 saturated carbocycles. The van der Waals surface area contributed by atoms with Gasteiger partial charge in [0.05, 0.1) is 6.10 Å². The summed E-state index contributed by atoms with van der Waals surface area (Å²) < 4.78 is 5.92. The highest BCUT2D eigenvalue weighted by Crippen LogP contribution is 2.25. The normalized spacial score (nSPS) is 16.6. The molecule has 1 heteroatoms. The van der Waals surface area contributed by atoms with Crippen molar-refractivity contribution >= 4 is 6.08 Å². The third-order valence-corrected chi connectivity index (χ3v) is 3.08. The lowest BCUT2D eigenvalue weighted by atomic mass is 10.1. The topological polar surface area (TPSA) is 9.23 Å². The first-order chi connectivity index (χ1) is 7.29. The van der Waals surface area contributed by atoms with Gasteiger partial charge in [-0.1, -0.05) is 18.7 Å². The lowest BCUT2D eigenvalue weighted by Gasteiger charge is -2.14. The molecule has 0 spiro atoms. The van der Waals surface area contributed by atoms with Crippen LogP contribution in [0.15, 0.2) is 24.8 Å². The Morgan fingerprint density at radius 2 is 2.07 bits per heavy atom. The molecule has 80 valence electrons. The molecule has 1 nitrogen and oxygen atoms in total. The second-order valence-electron chi connectivity index (χ2n) is 4.25. The van der Waals surface area contributed by atoms with Gasteiger partial charge < -0.3 is 4.74 Å². The Kier molecular flexibility index (Phi) is 3.10. The number of ether oxygens (including phenoxy) is 1. The summed E-state index contributed by atoms with van der Waals surface area (Å²) in [6.07, 6.45) is 7.35. The van der Waals surface area contributed by atoms with E-state index in [-0.39, 0.29) is 0 Å². The first-order valence-electron chi connectivity index (χ1n) is 5.69. The molecular weight excluding hydrogens is 184 g/mol. The highest BCUT2D eigenvalue weighted by atomic mass is 16.5. The molecular formula is C14H18O. The predicted octanol–water partition coefficient (Wildman–Crippen LogP) is 3.96. The van der Waals surface area contributed by atoms with Gasteiger partial charge in [-0.2, -0.15) is 0 Å². The minimum absolute atomic E-state index is 0.436. The van der Waals surface area contributed by atoms with E-state index in [1.807, 2.05) is 6.08 Å². The van der Waals surface area contributed by atoms with Gasteiger partial charge in [0.25, 0.3) is 0 Å². The monoisotopic (exact) mass is 202 g/mol. The lowest BCUT2D eigenvalue weighted by Crippen LogP contribution is -2.10. The summed E-state index contributed by atoms with van der Waals surface area (Å²) in [6, 6.07) is 6.24. The third-order valence-electron chi connectivity index (χ3n) is 3.08. The van der Waals surface area contributed by atoms with Crippen molar-refractivity contribution in [2.24, 2.45) is 0 Å². The highest BCUT2D eigenvalue weighted by molar-refractivity contribution is 5.54. The van der Waals surface area contributed by atoms with Crippen LogP contribution in [0.1, 0.15) is 36.8 Å². The predicted molar refractivity (Wildman–Crippen MR) is 64.2 cm³/mol. The minimum Gasteiger partial charge on any atom is -0.490 e. The maximum absolute atomic E-state index is 5.92. The van der Waals surface area contributed by atoms with Gasteiger partial charge >= 0.3 is 0 Å². The summed E-state index contributed by atoms with van der Waals surface area (Å²) in [5, 5.41) is 0. The maximum Gasteiger partial charge on any atom is 0.120 e. The fraction of sp³-hybridized carbons (Fsp3) is 0.429. The van der Waals surface area contributed by atoms with E-state index < -0.39 is 0 Å². The summed E-state index contributed by atoms with van der Waals surface area (Å²) in [5.74, 6) is 0.988. The molecule has 0 aromatic heterocycles. The molecule has 1 aromatic carbocycles. The van der Waals surface area contributed by atoms with E-state index in [1.54, 1.807) is 0 Å². The van der Waals surface area contributed by atoms with E-state index in [2.05, 4.69) is 31.7 Å². The third kappa shape index (κ3) is 2.41. The molecule has 0 aliphatic heterocycles. The SMILES string of the molecule is C=Cc1cc(OC2CCCC2)ccc1C. The fourth-order valence-corrected chi connectivity index (χ4v) is 2.11. The summed E-state index contributed by atoms with van der Waals surface area (Å²) in [4.78, 5) is 0. The first kappa shape index (κ1) is 10.3. The van der Waals surface area contributed by atoms with Crippen LogP contribution < -0.4 is 4.74 Å². The molecule has 2 rings (SSSR count). The van der Waals surface area contributed by atoms with Crippen LogP contribution in [0.25, 0.3) is 6.08 Å². The summed E-state index contributed by atoms with van der Waals surface area (Å²) in [6.45, 7) is 5.90. The Balaban J connectivity index is 2.10. The van der Waals surface area contributed by atoms with Gasteiger partial charge in [-0.25, -0.2) is 0 Å². The molecule has 1 aromatic rings. The van der Waals surface area contributed by atoms with Crippen LogP contribution in [0.3, 0.4) is 0 Å². The van der Waals surface area contributed by atoms with Crippen molar-refractivity contribution in [3.05, 3.63) is 35.9 Å². The van der Waals surface area contributed by atoms with Crippen molar-refractivity contribution in [3.8, 4) is 5.75 Å². The number of hydrogen-bond donors (Lipinski definition) is 0. The molecule has 0 atom stereocenters. The van der Waals surface area contributed by atoms with Crippen molar-refractivity contribution in [1.82, 2.24) is 0 Å². The van der Waals surface area contributed by atoms with Gasteiger partial charge in [-0.05, 0) is 55.9 Å². The fourth-order valence-electron chi connectivity index (χ4n) is 2.11. The van der Waals surface area contributed by atoms with Crippen LogP contribution in [0.5, 0.6) is 5.75 Å². The Labute approximate surface area is 91.8 Å². The Hall–Kier alpha value is -1.24. The maximum atomic E-state index is 5.92. The van der Waals surface area contributed by atoms with Gasteiger partial charge in [0.2, 0.25) is 0 Å². The molecule has 0 saturated heterocycles. The largest absolute Gasteiger partial charge is 0.490 e. The van der Waals surface area contributed by atoms with Gasteiger partial charge in [-0.15, -0.1) is 0 Å². The molecule has 1 aliphatic rings. The standard InChI is InChI=1S/C14H18O/c1-3-12-10-14(9-8-11(12)2)15-13-6-4-5-7-13/h3,8-10,13H,1,4-7H2,2H3. The van der Waals surface area contributed by atoms with Crippen molar-refractivity contribution in [1.29, 1.82) is 0 Å². The number of aryl methyl sites for hydroxylation is 1. The number of rotatable bonds is 3. The van der Waals surface area contributed by atoms with E-state index in [0.29, 0.717) is 6.10 Å². The van der Waals surface area contributed by atoms with Crippen LogP contribution in [0, 0.1) is 6.92 Å². The smallest absolute Gasteiger partial charge is 0.120 e. The molecule has 0 amide bonds. The Morgan fingerprint density at radius 3 is 2.73 bits per heavy atom. The molecule has 1 aliphatic carbocycles. The molecule has 15 heavy (non-hydrogen) atoms. The van der Waals surface area contributed by atoms with Crippen molar-refractivity contribution in [2.45, 2.75) is 38.7 Å². The average Bonchev–Trinajstić information content (AvgIpc) is 2.73. The zero-order valence-corrected chi connectivity index (χ0v) is 9.33. The van der Waals surface area contributed by atoms with Crippen molar-refractivity contribution in [2.75, 3.05) is 0 Å². The van der Waals surface area contributed by atoms with Gasteiger partial charge in [0.1, 0.15) is 5.75 Å². The van der Waals surface area contributed by atoms with Gasteiger partial charge in [0, 0.05) is 0 Å². The zero-order chi connectivity index (χ0) is 10.7. The van der Waals surface area contributed by atoms with E-state index in [4.69, 9.17) is 4.74 Å². The molecule has 0 N–H and O–H groups in total. The second kappa shape index (κ2) is 4.52. The Morgan fingerprint density at radius 1 is 1.33 bits per heavy atom. The highest BCUT2D eigenvalue weighted by Gasteiger charge is 2.16. The van der Waals surface area contributed by atoms with Crippen molar-refractivity contribution in [3.63, 3.8) is 0 Å². The van der Waals surface area contributed by atoms with Crippen LogP contribution in [0.2, 0.25) is 0 Å². The van der Waals surface area contributed by atoms with Crippen LogP contribution >= 0.6 is 0 Å². The Bertz CT molecular complexity index is 348. The van der Waals surface area contributed by atoms with Gasteiger partial charge in [0.15, 0.2) is 0 Å². The van der Waals surface area contributed by atoms with E-state index >= 15 is 0 Å². The van der Waals surface area contributed by atoms with Crippen LogP contribution in [-0.2, 0) is 0 Å². The van der Waals surface area contributed by atoms with Crippen LogP contribution in [0.4, 0.5) is 0 Å². The van der Waals surface area contributed by atoms with E-state index in [0.717, 1.165) is 5.75 Å². The molecule has 0 heterocycles. The molecule has 0 bridgehead atoms. The minimum atomic E-state index is 0.436. The van der Waals surface area contributed by atoms with Crippen molar-refractivity contribution < 1.29 is 4.74 Å². The number of benzene rings is 1. The number of hydrogen-bond acceptors (Lipinski definition) is 1. The summed E-state index contributed by atoms with van der Waals surface area (Å²) in [7, 11) is 0. The average molecular weight is 202 g/mol. The first-order valence-corrected chi connectivity index (χ1v) is 5.69. The summed E-state index contributed by atoms with van der Waals surface area (Å²) >= 11 is 0. The van der Waals surface area contributed by atoms with Gasteiger partial charge in [-0.3, -0.25) is 0 Å².